The number of hydrogen-bond acceptors (Lipinski definition) is 5. The van der Waals surface area contributed by atoms with E-state index in [-0.39, 0.29) is 24.0 Å². The van der Waals surface area contributed by atoms with E-state index in [1.807, 2.05) is 0 Å². The van der Waals surface area contributed by atoms with E-state index in [0.717, 1.165) is 0 Å². The van der Waals surface area contributed by atoms with E-state index in [1.165, 1.54) is 0 Å². The Morgan fingerprint density at radius 3 is 2.95 bits per heavy atom. The van der Waals surface area contributed by atoms with Crippen molar-refractivity contribution in [2.75, 3.05) is 26.7 Å². The highest BCUT2D eigenvalue weighted by Crippen LogP contribution is 2.23. The summed E-state index contributed by atoms with van der Waals surface area (Å²) >= 11 is 0. The first-order valence-corrected chi connectivity index (χ1v) is 6.66. The number of rotatable bonds is 1. The van der Waals surface area contributed by atoms with Crippen LogP contribution in [0.25, 0.3) is 0 Å². The van der Waals surface area contributed by atoms with Crippen molar-refractivity contribution in [1.82, 2.24) is 15.0 Å². The molecule has 2 saturated heterocycles. The van der Waals surface area contributed by atoms with E-state index in [0.29, 0.717) is 37.6 Å². The van der Waals surface area contributed by atoms with E-state index in [4.69, 9.17) is 9.26 Å². The van der Waals surface area contributed by atoms with Crippen molar-refractivity contribution in [3.05, 3.63) is 17.5 Å². The summed E-state index contributed by atoms with van der Waals surface area (Å²) in [7, 11) is 1.77. The quantitative estimate of drug-likeness (QED) is 0.726. The molecule has 0 radical (unpaired) electrons. The molecule has 0 unspecified atom stereocenters. The minimum Gasteiger partial charge on any atom is -0.374 e. The molecule has 2 atom stereocenters. The van der Waals surface area contributed by atoms with Crippen LogP contribution >= 0.6 is 0 Å². The van der Waals surface area contributed by atoms with Gasteiger partial charge in [-0.3, -0.25) is 9.59 Å². The summed E-state index contributed by atoms with van der Waals surface area (Å²) in [6.07, 6.45) is 0.281. The predicted molar refractivity (Wildman–Crippen MR) is 68.1 cm³/mol. The van der Waals surface area contributed by atoms with E-state index < -0.39 is 0 Å². The number of carbonyl (C=O) groups excluding carboxylic acids is 2. The number of ether oxygens (including phenoxy) is 1. The molecule has 0 spiro atoms. The first kappa shape index (κ1) is 13.1. The lowest BCUT2D eigenvalue weighted by Gasteiger charge is -2.24. The molecule has 3 rings (SSSR count). The SMILES string of the molecule is Cc1cc(C(=O)N2C[C@@H]3OCCC(=O)N(C)[C@H]3C2)no1. The molecule has 0 aliphatic carbocycles. The van der Waals surface area contributed by atoms with Crippen molar-refractivity contribution < 1.29 is 18.8 Å². The van der Waals surface area contributed by atoms with Gasteiger partial charge in [0.25, 0.3) is 5.91 Å². The number of hydrogen-bond donors (Lipinski definition) is 0. The minimum absolute atomic E-state index is 0.0593. The highest BCUT2D eigenvalue weighted by atomic mass is 16.5. The molecule has 2 aliphatic rings. The molecule has 1 aromatic rings. The lowest BCUT2D eigenvalue weighted by Crippen LogP contribution is -2.43. The van der Waals surface area contributed by atoms with Gasteiger partial charge in [0, 0.05) is 26.2 Å². The van der Waals surface area contributed by atoms with Gasteiger partial charge in [0.15, 0.2) is 5.69 Å². The second-order valence-electron chi connectivity index (χ2n) is 5.26. The highest BCUT2D eigenvalue weighted by molar-refractivity contribution is 5.92. The van der Waals surface area contributed by atoms with Crippen molar-refractivity contribution in [3.8, 4) is 0 Å². The molecule has 7 heteroatoms. The van der Waals surface area contributed by atoms with Gasteiger partial charge in [-0.05, 0) is 6.92 Å². The Hall–Kier alpha value is -1.89. The summed E-state index contributed by atoms with van der Waals surface area (Å²) in [6, 6.07) is 1.54. The molecule has 3 heterocycles. The lowest BCUT2D eigenvalue weighted by atomic mass is 10.2. The second kappa shape index (κ2) is 4.90. The summed E-state index contributed by atoms with van der Waals surface area (Å²) in [6.45, 7) is 3.10. The van der Waals surface area contributed by atoms with Gasteiger partial charge in [-0.2, -0.15) is 0 Å². The zero-order valence-corrected chi connectivity index (χ0v) is 11.5. The van der Waals surface area contributed by atoms with Crippen LogP contribution in [0.1, 0.15) is 22.7 Å². The maximum atomic E-state index is 12.3. The maximum absolute atomic E-state index is 12.3. The Morgan fingerprint density at radius 2 is 2.25 bits per heavy atom. The molecule has 7 nitrogen and oxygen atoms in total. The summed E-state index contributed by atoms with van der Waals surface area (Å²) in [5.74, 6) is 0.480. The predicted octanol–water partition coefficient (Wildman–Crippen LogP) is 0.0547. The third-order valence-corrected chi connectivity index (χ3v) is 3.91. The van der Waals surface area contributed by atoms with Crippen LogP contribution in [0.5, 0.6) is 0 Å². The average molecular weight is 279 g/mol. The standard InChI is InChI=1S/C13H17N3O4/c1-8-5-9(14-20-8)13(18)16-6-10-11(7-16)19-4-3-12(17)15(10)2/h5,10-11H,3-4,6-7H2,1-2H3/t10-,11-/m0/s1. The number of fused-ring (bicyclic) bond motifs is 1. The van der Waals surface area contributed by atoms with Gasteiger partial charge in [0.05, 0.1) is 25.2 Å². The maximum Gasteiger partial charge on any atom is 0.276 e. The zero-order valence-electron chi connectivity index (χ0n) is 11.5. The molecule has 0 N–H and O–H groups in total. The van der Waals surface area contributed by atoms with Crippen molar-refractivity contribution in [2.45, 2.75) is 25.5 Å². The fraction of sp³-hybridized carbons (Fsp3) is 0.615. The number of amides is 2. The third-order valence-electron chi connectivity index (χ3n) is 3.91. The Labute approximate surface area is 116 Å². The van der Waals surface area contributed by atoms with Crippen LogP contribution in [0.15, 0.2) is 10.6 Å². The second-order valence-corrected chi connectivity index (χ2v) is 5.26. The number of likely N-dealkylation sites (tertiary alicyclic amines) is 1. The average Bonchev–Trinajstić information content (AvgIpc) is 3.01. The molecular formula is C13H17N3O4. The third kappa shape index (κ3) is 2.18. The lowest BCUT2D eigenvalue weighted by molar-refractivity contribution is -0.131. The molecule has 108 valence electrons. The minimum atomic E-state index is -0.181. The van der Waals surface area contributed by atoms with Crippen LogP contribution in [0, 0.1) is 6.92 Å². The van der Waals surface area contributed by atoms with Gasteiger partial charge >= 0.3 is 0 Å². The fourth-order valence-corrected chi connectivity index (χ4v) is 2.75. The van der Waals surface area contributed by atoms with Gasteiger partial charge in [0.1, 0.15) is 5.76 Å². The van der Waals surface area contributed by atoms with Crippen LogP contribution in [0.2, 0.25) is 0 Å². The van der Waals surface area contributed by atoms with Gasteiger partial charge in [-0.25, -0.2) is 0 Å². The van der Waals surface area contributed by atoms with Crippen LogP contribution in [0.4, 0.5) is 0 Å². The molecule has 2 aliphatic heterocycles. The van der Waals surface area contributed by atoms with Crippen molar-refractivity contribution >= 4 is 11.8 Å². The first-order chi connectivity index (χ1) is 9.56. The van der Waals surface area contributed by atoms with Crippen LogP contribution < -0.4 is 0 Å². The van der Waals surface area contributed by atoms with Crippen molar-refractivity contribution in [3.63, 3.8) is 0 Å². The molecule has 2 fully saturated rings. The van der Waals surface area contributed by atoms with Crippen molar-refractivity contribution in [1.29, 1.82) is 0 Å². The van der Waals surface area contributed by atoms with Crippen LogP contribution in [-0.2, 0) is 9.53 Å². The smallest absolute Gasteiger partial charge is 0.276 e. The number of aryl methyl sites for hydroxylation is 1. The zero-order chi connectivity index (χ0) is 14.3. The monoisotopic (exact) mass is 279 g/mol. The van der Waals surface area contributed by atoms with E-state index >= 15 is 0 Å². The molecular weight excluding hydrogens is 262 g/mol. The van der Waals surface area contributed by atoms with Gasteiger partial charge in [-0.15, -0.1) is 0 Å². The number of carbonyl (C=O) groups is 2. The molecule has 2 amide bonds. The van der Waals surface area contributed by atoms with Crippen molar-refractivity contribution in [2.24, 2.45) is 0 Å². The molecule has 0 aromatic carbocycles. The summed E-state index contributed by atoms with van der Waals surface area (Å²) < 4.78 is 10.6. The number of nitrogens with zero attached hydrogens (tertiary/aromatic N) is 3. The Bertz CT molecular complexity index is 541. The normalized spacial score (nSPS) is 26.6. The largest absolute Gasteiger partial charge is 0.374 e. The Morgan fingerprint density at radius 1 is 1.45 bits per heavy atom. The Balaban J connectivity index is 1.75. The fourth-order valence-electron chi connectivity index (χ4n) is 2.75. The van der Waals surface area contributed by atoms with Gasteiger partial charge in [0.2, 0.25) is 5.91 Å². The summed E-state index contributed by atoms with van der Waals surface area (Å²) in [5, 5.41) is 3.74. The van der Waals surface area contributed by atoms with Crippen LogP contribution in [-0.4, -0.2) is 65.7 Å². The van der Waals surface area contributed by atoms with Crippen LogP contribution in [0.3, 0.4) is 0 Å². The number of likely N-dealkylation sites (N-methyl/N-ethyl adjacent to an activating group) is 1. The Kier molecular flexibility index (Phi) is 3.21. The summed E-state index contributed by atoms with van der Waals surface area (Å²) in [5.41, 5.74) is 0.299. The molecule has 0 saturated carbocycles. The molecule has 20 heavy (non-hydrogen) atoms. The van der Waals surface area contributed by atoms with Gasteiger partial charge in [-0.1, -0.05) is 5.16 Å². The highest BCUT2D eigenvalue weighted by Gasteiger charge is 2.42. The molecule has 1 aromatic heterocycles. The van der Waals surface area contributed by atoms with E-state index in [9.17, 15) is 9.59 Å². The van der Waals surface area contributed by atoms with E-state index in [1.54, 1.807) is 29.8 Å². The number of aromatic nitrogens is 1. The summed E-state index contributed by atoms with van der Waals surface area (Å²) in [4.78, 5) is 27.5. The molecule has 0 bridgehead atoms. The van der Waals surface area contributed by atoms with E-state index in [2.05, 4.69) is 5.16 Å². The first-order valence-electron chi connectivity index (χ1n) is 6.66. The topological polar surface area (TPSA) is 75.9 Å². The van der Waals surface area contributed by atoms with Gasteiger partial charge < -0.3 is 19.1 Å².